The van der Waals surface area contributed by atoms with Gasteiger partial charge in [-0.1, -0.05) is 34.6 Å². The molecular weight excluding hydrogens is 285 g/mol. The van der Waals surface area contributed by atoms with E-state index in [9.17, 15) is 13.2 Å². The van der Waals surface area contributed by atoms with E-state index in [2.05, 4.69) is 44.8 Å². The van der Waals surface area contributed by atoms with Crippen molar-refractivity contribution in [2.45, 2.75) is 52.2 Å². The first-order chi connectivity index (χ1) is 9.00. The lowest BCUT2D eigenvalue weighted by molar-refractivity contribution is -0.0331. The highest BCUT2D eigenvalue weighted by Gasteiger charge is 2.36. The van der Waals surface area contributed by atoms with Gasteiger partial charge in [-0.2, -0.15) is 13.2 Å². The minimum Gasteiger partial charge on any atom is -0.311 e. The zero-order chi connectivity index (χ0) is 15.6. The summed E-state index contributed by atoms with van der Waals surface area (Å²) in [4.78, 5) is 2.24. The summed E-state index contributed by atoms with van der Waals surface area (Å²) in [5, 5.41) is 3.54. The third-order valence-corrected chi connectivity index (χ3v) is 4.61. The molecule has 0 amide bonds. The van der Waals surface area contributed by atoms with Crippen molar-refractivity contribution in [3.8, 4) is 0 Å². The first kappa shape index (κ1) is 18.1. The second-order valence-electron chi connectivity index (χ2n) is 6.93. The molecule has 0 aliphatic carbocycles. The van der Waals surface area contributed by atoms with E-state index in [1.54, 1.807) is 0 Å². The molecule has 1 heterocycles. The summed E-state index contributed by atoms with van der Waals surface area (Å²) in [6.07, 6.45) is 0. The maximum atomic E-state index is 12.3. The van der Waals surface area contributed by atoms with Crippen LogP contribution in [0.2, 0.25) is 0 Å². The number of rotatable bonds is 4. The molecule has 0 bridgehead atoms. The fraction of sp³-hybridized carbons (Fsp3) is 1.00. The highest BCUT2D eigenvalue weighted by molar-refractivity contribution is 8.00. The van der Waals surface area contributed by atoms with Crippen molar-refractivity contribution in [3.05, 3.63) is 0 Å². The molecule has 2 unspecified atom stereocenters. The van der Waals surface area contributed by atoms with Crippen molar-refractivity contribution < 1.29 is 13.2 Å². The lowest BCUT2D eigenvalue weighted by Crippen LogP contribution is -2.62. The third kappa shape index (κ3) is 5.82. The number of nitrogens with one attached hydrogen (secondary N) is 1. The van der Waals surface area contributed by atoms with Gasteiger partial charge >= 0.3 is 5.51 Å². The molecule has 1 aliphatic heterocycles. The topological polar surface area (TPSA) is 15.3 Å². The Morgan fingerprint density at radius 1 is 1.25 bits per heavy atom. The van der Waals surface area contributed by atoms with E-state index in [4.69, 9.17) is 0 Å². The molecule has 1 rings (SSSR count). The average Bonchev–Trinajstić information content (AvgIpc) is 2.25. The van der Waals surface area contributed by atoms with Crippen molar-refractivity contribution >= 4 is 11.8 Å². The molecule has 1 fully saturated rings. The van der Waals surface area contributed by atoms with Crippen LogP contribution in [0.5, 0.6) is 0 Å². The van der Waals surface area contributed by atoms with Crippen LogP contribution in [0.3, 0.4) is 0 Å². The van der Waals surface area contributed by atoms with Gasteiger partial charge in [0, 0.05) is 37.5 Å². The van der Waals surface area contributed by atoms with Gasteiger partial charge in [0.1, 0.15) is 0 Å². The Kier molecular flexibility index (Phi) is 6.23. The van der Waals surface area contributed by atoms with E-state index < -0.39 is 5.51 Å². The Labute approximate surface area is 124 Å². The van der Waals surface area contributed by atoms with Crippen LogP contribution < -0.4 is 5.32 Å². The predicted octanol–water partition coefficient (Wildman–Crippen LogP) is 3.58. The van der Waals surface area contributed by atoms with Gasteiger partial charge in [0.2, 0.25) is 0 Å². The van der Waals surface area contributed by atoms with Crippen LogP contribution in [0, 0.1) is 11.3 Å². The quantitative estimate of drug-likeness (QED) is 0.854. The predicted molar refractivity (Wildman–Crippen MR) is 80.0 cm³/mol. The van der Waals surface area contributed by atoms with E-state index in [1.807, 2.05) is 0 Å². The maximum absolute atomic E-state index is 12.3. The first-order valence-electron chi connectivity index (χ1n) is 7.19. The molecule has 6 heteroatoms. The molecule has 120 valence electrons. The number of thioether (sulfide) groups is 1. The summed E-state index contributed by atoms with van der Waals surface area (Å²) in [7, 11) is 0. The summed E-state index contributed by atoms with van der Waals surface area (Å²) in [5.41, 5.74) is -4.05. The van der Waals surface area contributed by atoms with Crippen molar-refractivity contribution in [2.75, 3.05) is 25.4 Å². The summed E-state index contributed by atoms with van der Waals surface area (Å²) < 4.78 is 36.8. The smallest absolute Gasteiger partial charge is 0.311 e. The van der Waals surface area contributed by atoms with Gasteiger partial charge in [-0.25, -0.2) is 0 Å². The molecule has 0 aromatic rings. The number of nitrogens with zero attached hydrogens (tertiary/aromatic N) is 1. The van der Waals surface area contributed by atoms with Crippen LogP contribution in [0.4, 0.5) is 13.2 Å². The minimum atomic E-state index is -4.12. The average molecular weight is 312 g/mol. The highest BCUT2D eigenvalue weighted by atomic mass is 32.2. The van der Waals surface area contributed by atoms with Crippen LogP contribution >= 0.6 is 11.8 Å². The Morgan fingerprint density at radius 3 is 2.30 bits per heavy atom. The van der Waals surface area contributed by atoms with Gasteiger partial charge in [-0.3, -0.25) is 4.90 Å². The zero-order valence-electron chi connectivity index (χ0n) is 13.0. The maximum Gasteiger partial charge on any atom is 0.441 e. The molecule has 0 spiro atoms. The largest absolute Gasteiger partial charge is 0.441 e. The summed E-state index contributed by atoms with van der Waals surface area (Å²) in [6.45, 7) is 12.9. The van der Waals surface area contributed by atoms with E-state index in [1.165, 1.54) is 0 Å². The Bertz CT molecular complexity index is 300. The van der Waals surface area contributed by atoms with Gasteiger partial charge in [-0.15, -0.1) is 0 Å². The molecule has 0 saturated carbocycles. The van der Waals surface area contributed by atoms with Crippen LogP contribution in [-0.2, 0) is 0 Å². The molecule has 2 atom stereocenters. The van der Waals surface area contributed by atoms with E-state index in [0.29, 0.717) is 18.5 Å². The van der Waals surface area contributed by atoms with Crippen molar-refractivity contribution in [3.63, 3.8) is 0 Å². The second kappa shape index (κ2) is 6.88. The summed E-state index contributed by atoms with van der Waals surface area (Å²) in [5.74, 6) is 0.606. The number of hydrogen-bond donors (Lipinski definition) is 1. The normalized spacial score (nSPS) is 26.2. The van der Waals surface area contributed by atoms with E-state index in [-0.39, 0.29) is 29.0 Å². The molecular formula is C14H27F3N2S. The number of halogens is 3. The minimum absolute atomic E-state index is 0.0673. The van der Waals surface area contributed by atoms with Crippen molar-refractivity contribution in [1.29, 1.82) is 0 Å². The Morgan fingerprint density at radius 2 is 1.85 bits per heavy atom. The fourth-order valence-corrected chi connectivity index (χ4v) is 3.22. The van der Waals surface area contributed by atoms with Crippen molar-refractivity contribution in [2.24, 2.45) is 11.3 Å². The first-order valence-corrected chi connectivity index (χ1v) is 8.17. The van der Waals surface area contributed by atoms with Crippen LogP contribution in [0.25, 0.3) is 0 Å². The van der Waals surface area contributed by atoms with Gasteiger partial charge in [0.05, 0.1) is 0 Å². The fourth-order valence-electron chi connectivity index (χ4n) is 2.66. The van der Waals surface area contributed by atoms with Crippen LogP contribution in [0.15, 0.2) is 0 Å². The number of alkyl halides is 3. The van der Waals surface area contributed by atoms with E-state index >= 15 is 0 Å². The number of hydrogen-bond acceptors (Lipinski definition) is 3. The second-order valence-corrected chi connectivity index (χ2v) is 8.09. The molecule has 1 N–H and O–H groups in total. The van der Waals surface area contributed by atoms with Crippen LogP contribution in [0.1, 0.15) is 34.6 Å². The van der Waals surface area contributed by atoms with Gasteiger partial charge in [0.25, 0.3) is 0 Å². The highest BCUT2D eigenvalue weighted by Crippen LogP contribution is 2.32. The molecule has 0 aromatic heterocycles. The van der Waals surface area contributed by atoms with Gasteiger partial charge in [0.15, 0.2) is 0 Å². The molecule has 0 aromatic carbocycles. The Hall–Kier alpha value is 0.0600. The number of piperazine rings is 1. The van der Waals surface area contributed by atoms with Crippen LogP contribution in [-0.4, -0.2) is 47.9 Å². The lowest BCUT2D eigenvalue weighted by Gasteiger charge is -2.47. The monoisotopic (exact) mass is 312 g/mol. The summed E-state index contributed by atoms with van der Waals surface area (Å²) >= 11 is 0.0874. The molecule has 1 aliphatic rings. The standard InChI is InChI=1S/C14H27F3N2S/c1-10(2)11-9-19(6-7-20-14(15,16)17)12(8-18-11)13(3,4)5/h10-12,18H,6-9H2,1-5H3. The molecule has 20 heavy (non-hydrogen) atoms. The SMILES string of the molecule is CC(C)C1CN(CCSC(F)(F)F)C(C(C)(C)C)CN1. The molecule has 0 radical (unpaired) electrons. The van der Waals surface area contributed by atoms with Gasteiger partial charge < -0.3 is 5.32 Å². The zero-order valence-corrected chi connectivity index (χ0v) is 13.9. The van der Waals surface area contributed by atoms with E-state index in [0.717, 1.165) is 13.1 Å². The third-order valence-electron chi connectivity index (χ3n) is 3.89. The van der Waals surface area contributed by atoms with Gasteiger partial charge in [-0.05, 0) is 23.1 Å². The lowest BCUT2D eigenvalue weighted by atomic mass is 9.83. The summed E-state index contributed by atoms with van der Waals surface area (Å²) in [6, 6.07) is 0.649. The Balaban J connectivity index is 2.62. The molecule has 1 saturated heterocycles. The molecule has 2 nitrogen and oxygen atoms in total. The van der Waals surface area contributed by atoms with Crippen molar-refractivity contribution in [1.82, 2.24) is 10.2 Å².